The van der Waals surface area contributed by atoms with E-state index in [1.54, 1.807) is 13.8 Å². The van der Waals surface area contributed by atoms with E-state index in [9.17, 15) is 9.59 Å². The van der Waals surface area contributed by atoms with Crippen molar-refractivity contribution in [2.24, 2.45) is 0 Å². The number of hydrogen-bond donors (Lipinski definition) is 1. The first kappa shape index (κ1) is 26.2. The van der Waals surface area contributed by atoms with Crippen LogP contribution in [0.1, 0.15) is 69.0 Å². The number of esters is 2. The molecule has 1 aliphatic heterocycles. The van der Waals surface area contributed by atoms with Crippen LogP contribution in [0.2, 0.25) is 0 Å². The van der Waals surface area contributed by atoms with Crippen LogP contribution in [-0.2, 0) is 25.5 Å². The monoisotopic (exact) mass is 502 g/mol. The van der Waals surface area contributed by atoms with Crippen LogP contribution in [0.4, 0.5) is 0 Å². The Morgan fingerprint density at radius 3 is 2.16 bits per heavy atom. The third-order valence-electron chi connectivity index (χ3n) is 6.83. The summed E-state index contributed by atoms with van der Waals surface area (Å²) >= 11 is 0. The molecule has 7 heteroatoms. The lowest BCUT2D eigenvalue weighted by Gasteiger charge is -2.30. The normalized spacial score (nSPS) is 15.1. The average Bonchev–Trinajstić information content (AvgIpc) is 3.25. The molecule has 0 saturated heterocycles. The predicted octanol–water partition coefficient (Wildman–Crippen LogP) is 5.84. The number of benzene rings is 2. The average molecular weight is 503 g/mol. The molecule has 194 valence electrons. The van der Waals surface area contributed by atoms with Gasteiger partial charge in [-0.05, 0) is 57.4 Å². The van der Waals surface area contributed by atoms with Gasteiger partial charge in [0.2, 0.25) is 0 Å². The molecule has 0 saturated carbocycles. The highest BCUT2D eigenvalue weighted by atomic mass is 16.5. The van der Waals surface area contributed by atoms with Gasteiger partial charge in [0.1, 0.15) is 5.76 Å². The molecule has 0 bridgehead atoms. The maximum absolute atomic E-state index is 13.2. The summed E-state index contributed by atoms with van der Waals surface area (Å²) in [5, 5.41) is 9.84. The zero-order valence-corrected chi connectivity index (χ0v) is 22.3. The lowest BCUT2D eigenvalue weighted by molar-refractivity contribution is -0.139. The van der Waals surface area contributed by atoms with Crippen molar-refractivity contribution in [1.82, 2.24) is 10.5 Å². The summed E-state index contributed by atoms with van der Waals surface area (Å²) in [6.07, 6.45) is 0.697. The van der Waals surface area contributed by atoms with E-state index in [0.717, 1.165) is 0 Å². The number of carbonyl (C=O) groups excluding carboxylic acids is 2. The van der Waals surface area contributed by atoms with Crippen LogP contribution in [0.3, 0.4) is 0 Å². The van der Waals surface area contributed by atoms with Gasteiger partial charge in [-0.15, -0.1) is 0 Å². The number of ether oxygens (including phenoxy) is 2. The Bertz CT molecular complexity index is 1350. The largest absolute Gasteiger partial charge is 0.463 e. The van der Waals surface area contributed by atoms with E-state index in [2.05, 4.69) is 47.7 Å². The van der Waals surface area contributed by atoms with Gasteiger partial charge in [-0.2, -0.15) is 0 Å². The lowest BCUT2D eigenvalue weighted by Crippen LogP contribution is -2.33. The first-order chi connectivity index (χ1) is 17.8. The van der Waals surface area contributed by atoms with Crippen molar-refractivity contribution >= 4 is 22.7 Å². The number of carbonyl (C=O) groups is 2. The third-order valence-corrected chi connectivity index (χ3v) is 6.83. The minimum Gasteiger partial charge on any atom is -0.463 e. The number of aromatic nitrogens is 1. The van der Waals surface area contributed by atoms with E-state index in [4.69, 9.17) is 14.0 Å². The number of rotatable bonds is 8. The smallest absolute Gasteiger partial charge is 0.336 e. The minimum absolute atomic E-state index is 0.0793. The van der Waals surface area contributed by atoms with Gasteiger partial charge < -0.3 is 19.3 Å². The summed E-state index contributed by atoms with van der Waals surface area (Å²) in [7, 11) is 0. The standard InChI is InChI=1S/C30H34N2O5/c1-7-35-29(33)25-18(4)31-19(5)26(30(34)36-8-2)27(25)24-20(6)32-37-28(24)17(3)16-22-14-11-13-21-12-9-10-15-23(21)22/h9-15,17,27,31H,7-8,16H2,1-6H3. The van der Waals surface area contributed by atoms with Gasteiger partial charge in [0.15, 0.2) is 0 Å². The second kappa shape index (κ2) is 11.0. The summed E-state index contributed by atoms with van der Waals surface area (Å²) in [4.78, 5) is 26.5. The van der Waals surface area contributed by atoms with E-state index in [1.807, 2.05) is 32.9 Å². The highest BCUT2D eigenvalue weighted by Gasteiger charge is 2.42. The van der Waals surface area contributed by atoms with Crippen LogP contribution in [0.5, 0.6) is 0 Å². The molecule has 7 nitrogen and oxygen atoms in total. The molecule has 1 atom stereocenters. The van der Waals surface area contributed by atoms with Crippen LogP contribution in [0.25, 0.3) is 10.8 Å². The molecule has 1 aliphatic rings. The Morgan fingerprint density at radius 1 is 0.946 bits per heavy atom. The molecule has 0 fully saturated rings. The fourth-order valence-electron chi connectivity index (χ4n) is 5.24. The molecule has 37 heavy (non-hydrogen) atoms. The van der Waals surface area contributed by atoms with Gasteiger partial charge in [0, 0.05) is 22.9 Å². The number of hydrogen-bond acceptors (Lipinski definition) is 7. The maximum Gasteiger partial charge on any atom is 0.336 e. The predicted molar refractivity (Wildman–Crippen MR) is 142 cm³/mol. The Labute approximate surface area is 217 Å². The van der Waals surface area contributed by atoms with Crippen LogP contribution in [0, 0.1) is 6.92 Å². The molecule has 0 amide bonds. The van der Waals surface area contributed by atoms with Crippen molar-refractivity contribution in [2.75, 3.05) is 13.2 Å². The summed E-state index contributed by atoms with van der Waals surface area (Å²) in [6, 6.07) is 14.6. The fourth-order valence-corrected chi connectivity index (χ4v) is 5.24. The Balaban J connectivity index is 1.84. The molecule has 0 aliphatic carbocycles. The molecule has 1 N–H and O–H groups in total. The number of aryl methyl sites for hydroxylation is 1. The van der Waals surface area contributed by atoms with Crippen molar-refractivity contribution in [3.05, 3.63) is 87.6 Å². The quantitative estimate of drug-likeness (QED) is 0.387. The first-order valence-corrected chi connectivity index (χ1v) is 12.7. The van der Waals surface area contributed by atoms with E-state index >= 15 is 0 Å². The van der Waals surface area contributed by atoms with Gasteiger partial charge in [-0.3, -0.25) is 0 Å². The van der Waals surface area contributed by atoms with Crippen molar-refractivity contribution in [3.8, 4) is 0 Å². The number of allylic oxidation sites excluding steroid dienone is 2. The highest BCUT2D eigenvalue weighted by molar-refractivity contribution is 6.00. The number of nitrogens with one attached hydrogen (secondary N) is 1. The van der Waals surface area contributed by atoms with Crippen LogP contribution >= 0.6 is 0 Å². The van der Waals surface area contributed by atoms with Gasteiger partial charge in [0.25, 0.3) is 0 Å². The lowest BCUT2D eigenvalue weighted by atomic mass is 9.77. The zero-order valence-electron chi connectivity index (χ0n) is 22.3. The van der Waals surface area contributed by atoms with Crippen molar-refractivity contribution in [2.45, 2.75) is 59.8 Å². The maximum atomic E-state index is 13.2. The molecule has 3 aromatic rings. The van der Waals surface area contributed by atoms with E-state index in [-0.39, 0.29) is 19.1 Å². The number of dihydropyridines is 1. The molecular formula is C30H34N2O5. The van der Waals surface area contributed by atoms with E-state index in [1.165, 1.54) is 16.3 Å². The zero-order chi connectivity index (χ0) is 26.7. The van der Waals surface area contributed by atoms with Crippen molar-refractivity contribution in [1.29, 1.82) is 0 Å². The number of nitrogens with zero attached hydrogens (tertiary/aromatic N) is 1. The highest BCUT2D eigenvalue weighted by Crippen LogP contribution is 2.44. The first-order valence-electron chi connectivity index (χ1n) is 12.7. The summed E-state index contributed by atoms with van der Waals surface area (Å²) in [5.41, 5.74) is 4.49. The van der Waals surface area contributed by atoms with Gasteiger partial charge in [-0.1, -0.05) is 54.5 Å². The molecule has 2 heterocycles. The van der Waals surface area contributed by atoms with Crippen molar-refractivity contribution in [3.63, 3.8) is 0 Å². The summed E-state index contributed by atoms with van der Waals surface area (Å²) in [5.74, 6) is -1.14. The van der Waals surface area contributed by atoms with Crippen molar-refractivity contribution < 1.29 is 23.6 Å². The summed E-state index contributed by atoms with van der Waals surface area (Å²) in [6.45, 7) is 11.5. The second-order valence-corrected chi connectivity index (χ2v) is 9.37. The SMILES string of the molecule is CCOC(=O)C1=C(C)NC(C)=C(C(=O)OCC)C1c1c(C)noc1C(C)Cc1cccc2ccccc12. The van der Waals surface area contributed by atoms with Crippen LogP contribution in [0.15, 0.2) is 69.5 Å². The minimum atomic E-state index is -0.726. The Kier molecular flexibility index (Phi) is 7.81. The number of fused-ring (bicyclic) bond motifs is 1. The second-order valence-electron chi connectivity index (χ2n) is 9.37. The summed E-state index contributed by atoms with van der Waals surface area (Å²) < 4.78 is 16.8. The third kappa shape index (κ3) is 5.03. The molecule has 2 aromatic carbocycles. The molecule has 0 radical (unpaired) electrons. The van der Waals surface area contributed by atoms with Crippen LogP contribution < -0.4 is 5.32 Å². The molecule has 4 rings (SSSR count). The van der Waals surface area contributed by atoms with Gasteiger partial charge >= 0.3 is 11.9 Å². The molecular weight excluding hydrogens is 468 g/mol. The van der Waals surface area contributed by atoms with E-state index < -0.39 is 17.9 Å². The molecule has 1 aromatic heterocycles. The topological polar surface area (TPSA) is 90.7 Å². The van der Waals surface area contributed by atoms with Gasteiger partial charge in [0.05, 0.1) is 36.0 Å². The van der Waals surface area contributed by atoms with Crippen LogP contribution in [-0.4, -0.2) is 30.3 Å². The molecule has 0 spiro atoms. The van der Waals surface area contributed by atoms with E-state index in [0.29, 0.717) is 46.0 Å². The fraction of sp³-hybridized carbons (Fsp3) is 0.367. The Morgan fingerprint density at radius 2 is 1.54 bits per heavy atom. The van der Waals surface area contributed by atoms with Gasteiger partial charge in [-0.25, -0.2) is 9.59 Å². The molecule has 1 unspecified atom stereocenters. The Hall–Kier alpha value is -3.87.